The molecular weight excluding hydrogens is 272 g/mol. The zero-order valence-corrected chi connectivity index (χ0v) is 13.5. The summed E-state index contributed by atoms with van der Waals surface area (Å²) in [6, 6.07) is 7.17. The Labute approximate surface area is 123 Å². The highest BCUT2D eigenvalue weighted by Crippen LogP contribution is 2.12. The zero-order chi connectivity index (χ0) is 15.0. The van der Waals surface area contributed by atoms with Gasteiger partial charge in [0, 0.05) is 6.54 Å². The Morgan fingerprint density at radius 1 is 1.20 bits per heavy atom. The van der Waals surface area contributed by atoms with Crippen LogP contribution in [0.1, 0.15) is 32.3 Å². The van der Waals surface area contributed by atoms with E-state index in [9.17, 15) is 8.42 Å². The van der Waals surface area contributed by atoms with Crippen LogP contribution in [-0.4, -0.2) is 28.6 Å². The predicted octanol–water partition coefficient (Wildman–Crippen LogP) is 2.16. The van der Waals surface area contributed by atoms with Gasteiger partial charge in [0.25, 0.3) is 0 Å². The summed E-state index contributed by atoms with van der Waals surface area (Å²) in [6.45, 7) is 5.55. The summed E-state index contributed by atoms with van der Waals surface area (Å²) in [4.78, 5) is 0.346. The summed E-state index contributed by atoms with van der Waals surface area (Å²) in [7, 11) is -1.44. The summed E-state index contributed by atoms with van der Waals surface area (Å²) in [6.07, 6.45) is 2.98. The first-order valence-electron chi connectivity index (χ1n) is 7.22. The van der Waals surface area contributed by atoms with E-state index >= 15 is 0 Å². The molecule has 5 heteroatoms. The minimum atomic E-state index is -3.37. The third-order valence-electron chi connectivity index (χ3n) is 3.44. The molecule has 0 saturated heterocycles. The van der Waals surface area contributed by atoms with Gasteiger partial charge in [-0.15, -0.1) is 0 Å². The smallest absolute Gasteiger partial charge is 0.240 e. The summed E-state index contributed by atoms with van der Waals surface area (Å²) in [5.41, 5.74) is 1.17. The molecule has 0 radical (unpaired) electrons. The highest BCUT2D eigenvalue weighted by molar-refractivity contribution is 7.89. The van der Waals surface area contributed by atoms with Gasteiger partial charge in [0.05, 0.1) is 4.90 Å². The second-order valence-electron chi connectivity index (χ2n) is 5.22. The number of aryl methyl sites for hydroxylation is 1. The van der Waals surface area contributed by atoms with Gasteiger partial charge in [0.15, 0.2) is 0 Å². The molecule has 0 amide bonds. The van der Waals surface area contributed by atoms with Gasteiger partial charge in [-0.25, -0.2) is 13.1 Å². The molecule has 0 bridgehead atoms. The Hall–Kier alpha value is -0.910. The van der Waals surface area contributed by atoms with Crippen molar-refractivity contribution in [1.82, 2.24) is 10.0 Å². The molecule has 4 nitrogen and oxygen atoms in total. The molecule has 0 aliphatic carbocycles. The molecule has 1 rings (SSSR count). The van der Waals surface area contributed by atoms with Gasteiger partial charge in [-0.05, 0) is 50.0 Å². The van der Waals surface area contributed by atoms with Gasteiger partial charge in [-0.2, -0.15) is 0 Å². The minimum Gasteiger partial charge on any atom is -0.320 e. The molecule has 0 spiro atoms. The van der Waals surface area contributed by atoms with Crippen LogP contribution >= 0.6 is 0 Å². The summed E-state index contributed by atoms with van der Waals surface area (Å²) >= 11 is 0. The van der Waals surface area contributed by atoms with Crippen LogP contribution in [0.5, 0.6) is 0 Å². The number of benzene rings is 1. The Morgan fingerprint density at radius 2 is 1.85 bits per heavy atom. The first-order chi connectivity index (χ1) is 9.49. The van der Waals surface area contributed by atoms with E-state index in [4.69, 9.17) is 0 Å². The molecule has 1 aromatic carbocycles. The van der Waals surface area contributed by atoms with Gasteiger partial charge in [0.2, 0.25) is 10.0 Å². The summed E-state index contributed by atoms with van der Waals surface area (Å²) in [5, 5.41) is 3.10. The van der Waals surface area contributed by atoms with Crippen LogP contribution in [0.15, 0.2) is 29.2 Å². The third-order valence-corrected chi connectivity index (χ3v) is 4.88. The van der Waals surface area contributed by atoms with E-state index in [0.717, 1.165) is 25.8 Å². The molecule has 114 valence electrons. The van der Waals surface area contributed by atoms with E-state index in [2.05, 4.69) is 17.0 Å². The molecule has 0 aliphatic rings. The lowest BCUT2D eigenvalue weighted by atomic mass is 10.1. The minimum absolute atomic E-state index is 0.346. The Bertz CT molecular complexity index is 483. The van der Waals surface area contributed by atoms with Crippen LogP contribution in [-0.2, 0) is 16.4 Å². The number of rotatable bonds is 9. The van der Waals surface area contributed by atoms with E-state index in [1.54, 1.807) is 12.1 Å². The van der Waals surface area contributed by atoms with E-state index in [-0.39, 0.29) is 0 Å². The Balaban J connectivity index is 2.62. The molecule has 0 aliphatic heterocycles. The van der Waals surface area contributed by atoms with E-state index in [0.29, 0.717) is 17.4 Å². The molecule has 20 heavy (non-hydrogen) atoms. The number of sulfonamides is 1. The lowest BCUT2D eigenvalue weighted by Crippen LogP contribution is -2.28. The maximum atomic E-state index is 12.1. The van der Waals surface area contributed by atoms with Gasteiger partial charge in [-0.1, -0.05) is 32.4 Å². The highest BCUT2D eigenvalue weighted by atomic mass is 32.2. The molecule has 0 aromatic heterocycles. The normalized spacial score (nSPS) is 13.3. The maximum Gasteiger partial charge on any atom is 0.240 e. The second-order valence-corrected chi connectivity index (χ2v) is 6.98. The van der Waals surface area contributed by atoms with Crippen LogP contribution < -0.4 is 10.0 Å². The van der Waals surface area contributed by atoms with Crippen molar-refractivity contribution >= 4 is 10.0 Å². The summed E-state index contributed by atoms with van der Waals surface area (Å²) < 4.78 is 26.9. The van der Waals surface area contributed by atoms with Crippen LogP contribution in [0.3, 0.4) is 0 Å². The quantitative estimate of drug-likeness (QED) is 0.687. The van der Waals surface area contributed by atoms with Crippen LogP contribution in [0.2, 0.25) is 0 Å². The van der Waals surface area contributed by atoms with Crippen molar-refractivity contribution in [2.24, 2.45) is 5.92 Å². The van der Waals surface area contributed by atoms with Crippen LogP contribution in [0, 0.1) is 5.92 Å². The van der Waals surface area contributed by atoms with Crippen molar-refractivity contribution < 1.29 is 8.42 Å². The lowest BCUT2D eigenvalue weighted by Gasteiger charge is -2.11. The fraction of sp³-hybridized carbons (Fsp3) is 0.600. The molecule has 1 aromatic rings. The van der Waals surface area contributed by atoms with Gasteiger partial charge < -0.3 is 5.32 Å². The maximum absolute atomic E-state index is 12.1. The standard InChI is InChI=1S/C15H26N2O2S/c1-4-13(2)12-17-20(18,19)15-9-7-14(8-10-15)6-5-11-16-3/h7-10,13,16-17H,4-6,11-12H2,1-3H3. The van der Waals surface area contributed by atoms with E-state index in [1.165, 1.54) is 5.56 Å². The molecule has 1 atom stereocenters. The van der Waals surface area contributed by atoms with Crippen molar-refractivity contribution in [3.63, 3.8) is 0 Å². The van der Waals surface area contributed by atoms with Crippen molar-refractivity contribution in [3.05, 3.63) is 29.8 Å². The van der Waals surface area contributed by atoms with Crippen molar-refractivity contribution in [1.29, 1.82) is 0 Å². The van der Waals surface area contributed by atoms with Gasteiger partial charge in [0.1, 0.15) is 0 Å². The highest BCUT2D eigenvalue weighted by Gasteiger charge is 2.14. The molecule has 0 saturated carbocycles. The Morgan fingerprint density at radius 3 is 2.40 bits per heavy atom. The second kappa shape index (κ2) is 8.39. The molecule has 1 unspecified atom stereocenters. The molecular formula is C15H26N2O2S. The average molecular weight is 298 g/mol. The number of nitrogens with one attached hydrogen (secondary N) is 2. The summed E-state index contributed by atoms with van der Waals surface area (Å²) in [5.74, 6) is 0.352. The topological polar surface area (TPSA) is 58.2 Å². The fourth-order valence-corrected chi connectivity index (χ4v) is 2.95. The lowest BCUT2D eigenvalue weighted by molar-refractivity contribution is 0.528. The van der Waals surface area contributed by atoms with Crippen molar-refractivity contribution in [3.8, 4) is 0 Å². The number of hydrogen-bond donors (Lipinski definition) is 2. The van der Waals surface area contributed by atoms with Gasteiger partial charge in [-0.3, -0.25) is 0 Å². The fourth-order valence-electron chi connectivity index (χ4n) is 1.78. The molecule has 0 heterocycles. The predicted molar refractivity (Wildman–Crippen MR) is 83.3 cm³/mol. The van der Waals surface area contributed by atoms with E-state index < -0.39 is 10.0 Å². The molecule has 0 fully saturated rings. The van der Waals surface area contributed by atoms with Crippen molar-refractivity contribution in [2.45, 2.75) is 38.0 Å². The van der Waals surface area contributed by atoms with Gasteiger partial charge >= 0.3 is 0 Å². The monoisotopic (exact) mass is 298 g/mol. The SMILES string of the molecule is CCC(C)CNS(=O)(=O)c1ccc(CCCNC)cc1. The van der Waals surface area contributed by atoms with Crippen LogP contribution in [0.25, 0.3) is 0 Å². The first-order valence-corrected chi connectivity index (χ1v) is 8.71. The largest absolute Gasteiger partial charge is 0.320 e. The van der Waals surface area contributed by atoms with Crippen molar-refractivity contribution in [2.75, 3.05) is 20.1 Å². The average Bonchev–Trinajstić information content (AvgIpc) is 2.45. The third kappa shape index (κ3) is 5.61. The van der Waals surface area contributed by atoms with E-state index in [1.807, 2.05) is 26.1 Å². The first kappa shape index (κ1) is 17.1. The molecule has 2 N–H and O–H groups in total. The van der Waals surface area contributed by atoms with Crippen LogP contribution in [0.4, 0.5) is 0 Å². The Kier molecular flexibility index (Phi) is 7.19. The number of hydrogen-bond acceptors (Lipinski definition) is 3. The zero-order valence-electron chi connectivity index (χ0n) is 12.6.